The van der Waals surface area contributed by atoms with E-state index in [0.717, 1.165) is 0 Å². The van der Waals surface area contributed by atoms with Crippen molar-refractivity contribution >= 4 is 24.2 Å². The molecular formula is C20H22N4O4. The van der Waals surface area contributed by atoms with Crippen LogP contribution >= 0.6 is 0 Å². The zero-order chi connectivity index (χ0) is 20.2. The number of phenols is 2. The lowest BCUT2D eigenvalue weighted by Crippen LogP contribution is -2.19. The lowest BCUT2D eigenvalue weighted by Gasteiger charge is -2.02. The standard InChI is InChI=1S/C20H22N4O4/c25-17-9-3-1-7-15(17)13-21-23-19(27)11-5-6-12-20(28)24-22-14-16-8-2-4-10-18(16)26/h1-4,7-10,13-14,25-26H,5-6,11-12H2,(H,23,27)(H,24,28)/b21-13-,22-14+. The minimum Gasteiger partial charge on any atom is -0.507 e. The minimum absolute atomic E-state index is 0.0802. The molecule has 0 saturated carbocycles. The average molecular weight is 382 g/mol. The molecule has 146 valence electrons. The molecule has 2 rings (SSSR count). The number of carbonyl (C=O) groups excluding carboxylic acids is 2. The van der Waals surface area contributed by atoms with E-state index in [4.69, 9.17) is 0 Å². The van der Waals surface area contributed by atoms with Crippen LogP contribution in [0.5, 0.6) is 11.5 Å². The van der Waals surface area contributed by atoms with Gasteiger partial charge in [0.15, 0.2) is 0 Å². The summed E-state index contributed by atoms with van der Waals surface area (Å²) in [4.78, 5) is 23.4. The van der Waals surface area contributed by atoms with Crippen LogP contribution in [-0.4, -0.2) is 34.5 Å². The number of carbonyl (C=O) groups is 2. The molecule has 0 spiro atoms. The summed E-state index contributed by atoms with van der Waals surface area (Å²) < 4.78 is 0. The van der Waals surface area contributed by atoms with E-state index < -0.39 is 0 Å². The van der Waals surface area contributed by atoms with Crippen molar-refractivity contribution in [1.82, 2.24) is 10.9 Å². The topological polar surface area (TPSA) is 123 Å². The SMILES string of the molecule is O=C(CCCCC(=O)N/N=C/c1ccccc1O)N/N=C\c1ccccc1O. The van der Waals surface area contributed by atoms with Crippen LogP contribution in [-0.2, 0) is 9.59 Å². The van der Waals surface area contributed by atoms with Gasteiger partial charge in [0, 0.05) is 24.0 Å². The maximum atomic E-state index is 11.7. The smallest absolute Gasteiger partial charge is 0.240 e. The molecule has 2 aromatic carbocycles. The van der Waals surface area contributed by atoms with E-state index in [1.807, 2.05) is 0 Å². The summed E-state index contributed by atoms with van der Waals surface area (Å²) in [6.45, 7) is 0. The van der Waals surface area contributed by atoms with Crippen molar-refractivity contribution in [2.75, 3.05) is 0 Å². The summed E-state index contributed by atoms with van der Waals surface area (Å²) >= 11 is 0. The normalized spacial score (nSPS) is 11.0. The molecular weight excluding hydrogens is 360 g/mol. The van der Waals surface area contributed by atoms with Gasteiger partial charge < -0.3 is 10.2 Å². The number of rotatable bonds is 9. The largest absolute Gasteiger partial charge is 0.507 e. The van der Waals surface area contributed by atoms with Crippen LogP contribution in [0.15, 0.2) is 58.7 Å². The van der Waals surface area contributed by atoms with E-state index in [2.05, 4.69) is 21.1 Å². The summed E-state index contributed by atoms with van der Waals surface area (Å²) in [7, 11) is 0. The molecule has 28 heavy (non-hydrogen) atoms. The molecule has 2 amide bonds. The average Bonchev–Trinajstić information content (AvgIpc) is 2.68. The quantitative estimate of drug-likeness (QED) is 0.302. The van der Waals surface area contributed by atoms with E-state index >= 15 is 0 Å². The van der Waals surface area contributed by atoms with Gasteiger partial charge in [0.05, 0.1) is 12.4 Å². The zero-order valence-electron chi connectivity index (χ0n) is 15.2. The van der Waals surface area contributed by atoms with Crippen LogP contribution in [0.2, 0.25) is 0 Å². The van der Waals surface area contributed by atoms with E-state index in [-0.39, 0.29) is 36.2 Å². The van der Waals surface area contributed by atoms with Crippen LogP contribution in [0.4, 0.5) is 0 Å². The van der Waals surface area contributed by atoms with Crippen LogP contribution in [0, 0.1) is 0 Å². The molecule has 2 aromatic rings. The molecule has 0 atom stereocenters. The van der Waals surface area contributed by atoms with Crippen LogP contribution < -0.4 is 10.9 Å². The highest BCUT2D eigenvalue weighted by Crippen LogP contribution is 2.13. The third kappa shape index (κ3) is 7.28. The third-order valence-corrected chi connectivity index (χ3v) is 3.72. The van der Waals surface area contributed by atoms with Gasteiger partial charge in [0.2, 0.25) is 11.8 Å². The first-order valence-corrected chi connectivity index (χ1v) is 8.76. The van der Waals surface area contributed by atoms with E-state index in [1.165, 1.54) is 24.6 Å². The highest BCUT2D eigenvalue weighted by molar-refractivity contribution is 5.85. The first-order valence-electron chi connectivity index (χ1n) is 8.76. The maximum absolute atomic E-state index is 11.7. The monoisotopic (exact) mass is 382 g/mol. The lowest BCUT2D eigenvalue weighted by atomic mass is 10.2. The molecule has 0 saturated heterocycles. The van der Waals surface area contributed by atoms with Gasteiger partial charge in [-0.2, -0.15) is 10.2 Å². The Hall–Kier alpha value is -3.68. The van der Waals surface area contributed by atoms with Crippen molar-refractivity contribution in [2.24, 2.45) is 10.2 Å². The fourth-order valence-electron chi connectivity index (χ4n) is 2.22. The van der Waals surface area contributed by atoms with Gasteiger partial charge in [-0.3, -0.25) is 9.59 Å². The number of nitrogens with one attached hydrogen (secondary N) is 2. The third-order valence-electron chi connectivity index (χ3n) is 3.72. The van der Waals surface area contributed by atoms with Crippen molar-refractivity contribution in [2.45, 2.75) is 25.7 Å². The summed E-state index contributed by atoms with van der Waals surface area (Å²) in [5.74, 6) is -0.386. The lowest BCUT2D eigenvalue weighted by molar-refractivity contribution is -0.123. The minimum atomic E-state index is -0.273. The van der Waals surface area contributed by atoms with Crippen molar-refractivity contribution in [3.8, 4) is 11.5 Å². The van der Waals surface area contributed by atoms with Gasteiger partial charge in [0.1, 0.15) is 11.5 Å². The van der Waals surface area contributed by atoms with E-state index in [1.54, 1.807) is 36.4 Å². The molecule has 0 bridgehead atoms. The first-order chi connectivity index (χ1) is 13.6. The Morgan fingerprint density at radius 3 is 1.54 bits per heavy atom. The Morgan fingerprint density at radius 1 is 0.750 bits per heavy atom. The fraction of sp³-hybridized carbons (Fsp3) is 0.200. The molecule has 0 aliphatic rings. The van der Waals surface area contributed by atoms with E-state index in [9.17, 15) is 19.8 Å². The van der Waals surface area contributed by atoms with Gasteiger partial charge in [-0.05, 0) is 37.1 Å². The molecule has 8 heteroatoms. The number of hydrogen-bond acceptors (Lipinski definition) is 6. The predicted molar refractivity (Wildman–Crippen MR) is 106 cm³/mol. The second-order valence-corrected chi connectivity index (χ2v) is 5.91. The second-order valence-electron chi connectivity index (χ2n) is 5.91. The number of amides is 2. The molecule has 0 aromatic heterocycles. The van der Waals surface area contributed by atoms with Gasteiger partial charge in [-0.15, -0.1) is 0 Å². The number of hydrogen-bond donors (Lipinski definition) is 4. The maximum Gasteiger partial charge on any atom is 0.240 e. The fourth-order valence-corrected chi connectivity index (χ4v) is 2.22. The summed E-state index contributed by atoms with van der Waals surface area (Å²) in [6.07, 6.45) is 4.23. The molecule has 0 heterocycles. The Kier molecular flexibility index (Phi) is 8.19. The van der Waals surface area contributed by atoms with Crippen molar-refractivity contribution in [1.29, 1.82) is 0 Å². The molecule has 0 fully saturated rings. The predicted octanol–water partition coefficient (Wildman–Crippen LogP) is 2.26. The van der Waals surface area contributed by atoms with E-state index in [0.29, 0.717) is 24.0 Å². The number of phenolic OH excluding ortho intramolecular Hbond substituents is 2. The summed E-state index contributed by atoms with van der Waals surface area (Å²) in [5, 5.41) is 26.7. The Balaban J connectivity index is 1.60. The first kappa shape index (κ1) is 20.6. The van der Waals surface area contributed by atoms with Crippen LogP contribution in [0.3, 0.4) is 0 Å². The Labute approximate surface area is 162 Å². The molecule has 0 unspecified atom stereocenters. The van der Waals surface area contributed by atoms with Gasteiger partial charge in [0.25, 0.3) is 0 Å². The number of unbranched alkanes of at least 4 members (excludes halogenated alkanes) is 1. The Morgan fingerprint density at radius 2 is 1.14 bits per heavy atom. The zero-order valence-corrected chi connectivity index (χ0v) is 15.2. The number of nitrogens with zero attached hydrogens (tertiary/aromatic N) is 2. The molecule has 8 nitrogen and oxygen atoms in total. The van der Waals surface area contributed by atoms with Crippen molar-refractivity contribution < 1.29 is 19.8 Å². The van der Waals surface area contributed by atoms with Gasteiger partial charge >= 0.3 is 0 Å². The van der Waals surface area contributed by atoms with Gasteiger partial charge in [-0.1, -0.05) is 24.3 Å². The molecule has 4 N–H and O–H groups in total. The number of benzene rings is 2. The van der Waals surface area contributed by atoms with Crippen LogP contribution in [0.1, 0.15) is 36.8 Å². The van der Waals surface area contributed by atoms with Crippen molar-refractivity contribution in [3.05, 3.63) is 59.7 Å². The van der Waals surface area contributed by atoms with Gasteiger partial charge in [-0.25, -0.2) is 10.9 Å². The highest BCUT2D eigenvalue weighted by atomic mass is 16.3. The van der Waals surface area contributed by atoms with Crippen LogP contribution in [0.25, 0.3) is 0 Å². The number of aromatic hydroxyl groups is 2. The molecule has 0 aliphatic heterocycles. The summed E-state index contributed by atoms with van der Waals surface area (Å²) in [6, 6.07) is 13.3. The van der Waals surface area contributed by atoms with Crippen molar-refractivity contribution in [3.63, 3.8) is 0 Å². The Bertz CT molecular complexity index is 793. The summed E-state index contributed by atoms with van der Waals surface area (Å²) in [5.41, 5.74) is 5.76. The molecule has 0 aliphatic carbocycles. The number of para-hydroxylation sites is 2. The number of hydrazone groups is 2. The highest BCUT2D eigenvalue weighted by Gasteiger charge is 2.03. The second kappa shape index (κ2) is 11.1. The molecule has 0 radical (unpaired) electrons.